The van der Waals surface area contributed by atoms with Gasteiger partial charge < -0.3 is 23.9 Å². The van der Waals surface area contributed by atoms with Gasteiger partial charge in [0.05, 0.1) is 23.3 Å². The number of nitrogens with one attached hydrogen (secondary N) is 1. The molecule has 9 heteroatoms. The number of rotatable bonds is 8. The topological polar surface area (TPSA) is 111 Å². The first-order chi connectivity index (χ1) is 19.2. The number of fused-ring (bicyclic) bond motifs is 1. The Hall–Kier alpha value is -4.48. The maximum absolute atomic E-state index is 13.3. The lowest BCUT2D eigenvalue weighted by molar-refractivity contribution is -0.240. The zero-order valence-corrected chi connectivity index (χ0v) is 23.0. The van der Waals surface area contributed by atoms with Crippen LogP contribution in [0.2, 0.25) is 5.02 Å². The third-order valence-electron chi connectivity index (χ3n) is 6.69. The first-order valence-corrected chi connectivity index (χ1v) is 13.2. The minimum atomic E-state index is -1.37. The average molecular weight is 559 g/mol. The zero-order valence-electron chi connectivity index (χ0n) is 22.2. The van der Waals surface area contributed by atoms with E-state index in [1.807, 2.05) is 37.3 Å². The predicted octanol–water partition coefficient (Wildman–Crippen LogP) is 6.25. The number of esters is 2. The van der Waals surface area contributed by atoms with E-state index in [0.717, 1.165) is 10.9 Å². The molecule has 0 unspecified atom stereocenters. The van der Waals surface area contributed by atoms with Gasteiger partial charge in [-0.3, -0.25) is 9.59 Å². The normalized spacial score (nSPS) is 15.7. The largest absolute Gasteiger partial charge is 0.490 e. The number of nitriles is 1. The van der Waals surface area contributed by atoms with Crippen LogP contribution in [0.5, 0.6) is 11.5 Å². The highest BCUT2D eigenvalue weighted by molar-refractivity contribution is 6.32. The van der Waals surface area contributed by atoms with Crippen LogP contribution in [0.15, 0.2) is 66.9 Å². The van der Waals surface area contributed by atoms with Gasteiger partial charge in [-0.2, -0.15) is 5.26 Å². The summed E-state index contributed by atoms with van der Waals surface area (Å²) in [6, 6.07) is 20.2. The van der Waals surface area contributed by atoms with Crippen molar-refractivity contribution >= 4 is 34.4 Å². The Morgan fingerprint density at radius 3 is 2.48 bits per heavy atom. The summed E-state index contributed by atoms with van der Waals surface area (Å²) in [4.78, 5) is 29.8. The van der Waals surface area contributed by atoms with E-state index in [1.165, 1.54) is 13.8 Å². The summed E-state index contributed by atoms with van der Waals surface area (Å²) in [5.74, 6) is -4.24. The van der Waals surface area contributed by atoms with Gasteiger partial charge in [-0.15, -0.1) is 0 Å². The van der Waals surface area contributed by atoms with Crippen molar-refractivity contribution in [3.05, 3.63) is 94.1 Å². The molecular formula is C31H27ClN2O6. The van der Waals surface area contributed by atoms with E-state index in [9.17, 15) is 14.9 Å². The molecule has 40 heavy (non-hydrogen) atoms. The molecule has 1 atom stereocenters. The molecule has 2 heterocycles. The molecule has 1 saturated heterocycles. The highest BCUT2D eigenvalue weighted by atomic mass is 35.5. The fourth-order valence-corrected chi connectivity index (χ4v) is 5.25. The third-order valence-corrected chi connectivity index (χ3v) is 6.97. The molecule has 1 aliphatic heterocycles. The van der Waals surface area contributed by atoms with Gasteiger partial charge in [0, 0.05) is 42.4 Å². The number of ether oxygens (including phenoxy) is 4. The Morgan fingerprint density at radius 2 is 1.75 bits per heavy atom. The van der Waals surface area contributed by atoms with Crippen molar-refractivity contribution in [2.75, 3.05) is 6.61 Å². The van der Waals surface area contributed by atoms with Crippen LogP contribution < -0.4 is 9.47 Å². The second kappa shape index (κ2) is 10.9. The molecule has 3 aromatic carbocycles. The fourth-order valence-electron chi connectivity index (χ4n) is 4.98. The predicted molar refractivity (Wildman–Crippen MR) is 148 cm³/mol. The van der Waals surface area contributed by atoms with Crippen molar-refractivity contribution in [3.8, 4) is 17.6 Å². The standard InChI is InChI=1S/C31H27ClN2O6/c1-4-37-25-14-20(13-23(32)28(25)38-17-19-10-6-5-9-18(19)15-33)26(22-16-34-24-12-8-7-11-21(22)24)27-29(35)39-31(2,3)40-30(27)36/h5-14,16,26-27,34H,4,17H2,1-3H3/t26-/m0/s1. The Bertz CT molecular complexity index is 1620. The summed E-state index contributed by atoms with van der Waals surface area (Å²) < 4.78 is 23.0. The summed E-state index contributed by atoms with van der Waals surface area (Å²) in [5.41, 5.74) is 3.27. The van der Waals surface area contributed by atoms with E-state index in [1.54, 1.807) is 36.5 Å². The summed E-state index contributed by atoms with van der Waals surface area (Å²) in [6.45, 7) is 5.25. The van der Waals surface area contributed by atoms with Crippen LogP contribution in [0.25, 0.3) is 10.9 Å². The molecule has 0 bridgehead atoms. The third kappa shape index (κ3) is 5.21. The molecule has 0 saturated carbocycles. The number of para-hydroxylation sites is 1. The van der Waals surface area contributed by atoms with Crippen LogP contribution >= 0.6 is 11.6 Å². The van der Waals surface area contributed by atoms with Crippen molar-refractivity contribution in [3.63, 3.8) is 0 Å². The first-order valence-electron chi connectivity index (χ1n) is 12.8. The number of carbonyl (C=O) groups is 2. The number of cyclic esters (lactones) is 2. The molecule has 0 radical (unpaired) electrons. The van der Waals surface area contributed by atoms with Gasteiger partial charge in [-0.1, -0.05) is 48.0 Å². The second-order valence-electron chi connectivity index (χ2n) is 9.81. The van der Waals surface area contributed by atoms with Crippen LogP contribution in [0, 0.1) is 17.2 Å². The molecule has 1 fully saturated rings. The number of hydrogen-bond acceptors (Lipinski definition) is 7. The van der Waals surface area contributed by atoms with Crippen LogP contribution in [-0.4, -0.2) is 29.3 Å². The molecule has 1 aromatic heterocycles. The number of carbonyl (C=O) groups excluding carboxylic acids is 2. The van der Waals surface area contributed by atoms with Crippen molar-refractivity contribution in [1.29, 1.82) is 5.26 Å². The summed E-state index contributed by atoms with van der Waals surface area (Å²) >= 11 is 6.78. The molecule has 0 amide bonds. The molecule has 4 aromatic rings. The first kappa shape index (κ1) is 27.1. The lowest BCUT2D eigenvalue weighted by Crippen LogP contribution is -2.48. The zero-order chi connectivity index (χ0) is 28.4. The smallest absolute Gasteiger partial charge is 0.324 e. The quantitative estimate of drug-likeness (QED) is 0.201. The molecule has 1 aliphatic rings. The monoisotopic (exact) mass is 558 g/mol. The lowest BCUT2D eigenvalue weighted by atomic mass is 9.79. The number of aromatic amines is 1. The van der Waals surface area contributed by atoms with Gasteiger partial charge in [0.15, 0.2) is 17.4 Å². The van der Waals surface area contributed by atoms with Gasteiger partial charge in [-0.05, 0) is 42.3 Å². The SMILES string of the molecule is CCOc1cc([C@@H](c2c[nH]c3ccccc23)C2C(=O)OC(C)(C)OC2=O)cc(Cl)c1OCc1ccccc1C#N. The molecule has 1 N–H and O–H groups in total. The van der Waals surface area contributed by atoms with E-state index in [-0.39, 0.29) is 17.4 Å². The summed E-state index contributed by atoms with van der Waals surface area (Å²) in [5, 5.41) is 10.5. The van der Waals surface area contributed by atoms with Gasteiger partial charge in [-0.25, -0.2) is 0 Å². The molecular weight excluding hydrogens is 532 g/mol. The highest BCUT2D eigenvalue weighted by Gasteiger charge is 2.49. The Labute approximate surface area is 236 Å². The van der Waals surface area contributed by atoms with E-state index < -0.39 is 29.6 Å². The van der Waals surface area contributed by atoms with E-state index >= 15 is 0 Å². The van der Waals surface area contributed by atoms with E-state index in [2.05, 4.69) is 11.1 Å². The second-order valence-corrected chi connectivity index (χ2v) is 10.2. The van der Waals surface area contributed by atoms with Crippen LogP contribution in [0.1, 0.15) is 48.9 Å². The highest BCUT2D eigenvalue weighted by Crippen LogP contribution is 2.45. The Kier molecular flexibility index (Phi) is 7.42. The molecule has 0 aliphatic carbocycles. The maximum atomic E-state index is 13.3. The van der Waals surface area contributed by atoms with E-state index in [0.29, 0.717) is 34.6 Å². The van der Waals surface area contributed by atoms with Crippen molar-refractivity contribution in [1.82, 2.24) is 4.98 Å². The van der Waals surface area contributed by atoms with Gasteiger partial charge >= 0.3 is 11.9 Å². The minimum Gasteiger partial charge on any atom is -0.490 e. The summed E-state index contributed by atoms with van der Waals surface area (Å²) in [6.07, 6.45) is 1.77. The van der Waals surface area contributed by atoms with Crippen LogP contribution in [0.3, 0.4) is 0 Å². The fraction of sp³-hybridized carbons (Fsp3) is 0.258. The van der Waals surface area contributed by atoms with Crippen molar-refractivity contribution in [2.24, 2.45) is 5.92 Å². The Morgan fingerprint density at radius 1 is 1.05 bits per heavy atom. The number of hydrogen-bond donors (Lipinski definition) is 1. The van der Waals surface area contributed by atoms with E-state index in [4.69, 9.17) is 30.5 Å². The van der Waals surface area contributed by atoms with Gasteiger partial charge in [0.2, 0.25) is 0 Å². The molecule has 0 spiro atoms. The summed E-state index contributed by atoms with van der Waals surface area (Å²) in [7, 11) is 0. The number of benzene rings is 3. The van der Waals surface area contributed by atoms with Gasteiger partial charge in [0.25, 0.3) is 5.79 Å². The van der Waals surface area contributed by atoms with Gasteiger partial charge in [0.1, 0.15) is 6.61 Å². The number of halogens is 1. The Balaban J connectivity index is 1.61. The van der Waals surface area contributed by atoms with Crippen molar-refractivity contribution < 1.29 is 28.5 Å². The van der Waals surface area contributed by atoms with Crippen LogP contribution in [-0.2, 0) is 25.7 Å². The average Bonchev–Trinajstić information content (AvgIpc) is 3.33. The number of aromatic nitrogens is 1. The minimum absolute atomic E-state index is 0.0884. The molecule has 8 nitrogen and oxygen atoms in total. The molecule has 204 valence electrons. The maximum Gasteiger partial charge on any atom is 0.324 e. The number of nitrogens with zero attached hydrogens (tertiary/aromatic N) is 1. The number of H-pyrrole nitrogens is 1. The van der Waals surface area contributed by atoms with Crippen LogP contribution in [0.4, 0.5) is 0 Å². The lowest BCUT2D eigenvalue weighted by Gasteiger charge is -2.36. The molecule has 5 rings (SSSR count). The van der Waals surface area contributed by atoms with Crippen molar-refractivity contribution in [2.45, 2.75) is 39.1 Å².